The van der Waals surface area contributed by atoms with Crippen molar-refractivity contribution in [3.8, 4) is 5.75 Å². The molecule has 1 amide bonds. The minimum Gasteiger partial charge on any atom is -0.491 e. The van der Waals surface area contributed by atoms with E-state index < -0.39 is 11.0 Å². The summed E-state index contributed by atoms with van der Waals surface area (Å²) in [4.78, 5) is 23.3. The zero-order valence-electron chi connectivity index (χ0n) is 29.3. The summed E-state index contributed by atoms with van der Waals surface area (Å²) in [6, 6.07) is 12.0. The summed E-state index contributed by atoms with van der Waals surface area (Å²) in [6.45, 7) is 12.8. The molecule has 7 unspecified atom stereocenters. The van der Waals surface area contributed by atoms with Gasteiger partial charge in [-0.3, -0.25) is 14.4 Å². The Morgan fingerprint density at radius 2 is 1.94 bits per heavy atom. The maximum atomic E-state index is 13.5. The zero-order chi connectivity index (χ0) is 34.1. The molecule has 49 heavy (non-hydrogen) atoms. The molecule has 7 atom stereocenters. The largest absolute Gasteiger partial charge is 0.491 e. The Labute approximate surface area is 299 Å². The monoisotopic (exact) mass is 705 g/mol. The van der Waals surface area contributed by atoms with E-state index in [0.29, 0.717) is 29.9 Å². The summed E-state index contributed by atoms with van der Waals surface area (Å²) in [7, 11) is -1.48. The number of nitrogens with zero attached hydrogens (tertiary/aromatic N) is 4. The number of rotatable bonds is 5. The van der Waals surface area contributed by atoms with Crippen molar-refractivity contribution >= 4 is 34.2 Å². The number of carbonyl (C=O) groups excluding carboxylic acids is 1. The molecule has 2 aromatic carbocycles. The molecule has 4 aliphatic rings. The summed E-state index contributed by atoms with van der Waals surface area (Å²) < 4.78 is 25.1. The van der Waals surface area contributed by atoms with E-state index >= 15 is 0 Å². The van der Waals surface area contributed by atoms with Crippen LogP contribution in [0.15, 0.2) is 48.8 Å². The van der Waals surface area contributed by atoms with Gasteiger partial charge in [-0.05, 0) is 104 Å². The fourth-order valence-electron chi connectivity index (χ4n) is 8.72. The number of nitrogens with one attached hydrogen (secondary N) is 1. The maximum Gasteiger partial charge on any atom is 0.263 e. The molecular formula is C39H52ClN5O3S. The third kappa shape index (κ3) is 7.59. The molecule has 0 spiro atoms. The summed E-state index contributed by atoms with van der Waals surface area (Å²) in [5.74, 6) is 3.90. The first-order valence-electron chi connectivity index (χ1n) is 18.5. The summed E-state index contributed by atoms with van der Waals surface area (Å²) in [5.41, 5.74) is 4.08. The van der Waals surface area contributed by atoms with Gasteiger partial charge in [-0.25, -0.2) is 9.19 Å². The molecule has 0 saturated heterocycles. The molecule has 3 aliphatic heterocycles. The van der Waals surface area contributed by atoms with E-state index in [1.807, 2.05) is 37.4 Å². The predicted octanol–water partition coefficient (Wildman–Crippen LogP) is 7.23. The van der Waals surface area contributed by atoms with Gasteiger partial charge >= 0.3 is 0 Å². The maximum absolute atomic E-state index is 13.5. The van der Waals surface area contributed by atoms with Crippen molar-refractivity contribution in [1.29, 1.82) is 0 Å². The molecule has 2 bridgehead atoms. The van der Waals surface area contributed by atoms with Crippen LogP contribution in [0.3, 0.4) is 0 Å². The lowest BCUT2D eigenvalue weighted by atomic mass is 9.65. The van der Waals surface area contributed by atoms with E-state index in [0.717, 1.165) is 81.4 Å². The van der Waals surface area contributed by atoms with Crippen molar-refractivity contribution in [2.75, 3.05) is 37.7 Å². The quantitative estimate of drug-likeness (QED) is 0.302. The highest BCUT2D eigenvalue weighted by molar-refractivity contribution is 7.84. The van der Waals surface area contributed by atoms with Gasteiger partial charge in [-0.15, -0.1) is 0 Å². The summed E-state index contributed by atoms with van der Waals surface area (Å²) >= 11 is 6.49. The second kappa shape index (κ2) is 15.2. The van der Waals surface area contributed by atoms with Crippen molar-refractivity contribution < 1.29 is 13.7 Å². The van der Waals surface area contributed by atoms with Gasteiger partial charge in [-0.1, -0.05) is 44.4 Å². The Kier molecular flexibility index (Phi) is 10.7. The number of aryl methyl sites for hydroxylation is 1. The molecule has 3 aromatic rings. The lowest BCUT2D eigenvalue weighted by Gasteiger charge is -2.46. The first kappa shape index (κ1) is 34.6. The minimum atomic E-state index is -1.48. The third-order valence-electron chi connectivity index (χ3n) is 11.9. The molecule has 1 N–H and O–H groups in total. The number of hydrogen-bond donors (Lipinski definition) is 1. The topological polar surface area (TPSA) is 79.7 Å². The molecule has 10 heteroatoms. The Balaban J connectivity index is 1.21. The second-order valence-electron chi connectivity index (χ2n) is 15.1. The molecule has 4 heterocycles. The Morgan fingerprint density at radius 1 is 1.06 bits per heavy atom. The van der Waals surface area contributed by atoms with Gasteiger partial charge in [0.05, 0.1) is 24.1 Å². The van der Waals surface area contributed by atoms with E-state index in [1.165, 1.54) is 36.2 Å². The van der Waals surface area contributed by atoms with Crippen LogP contribution in [0.5, 0.6) is 5.75 Å². The van der Waals surface area contributed by atoms with Crippen molar-refractivity contribution in [2.45, 2.75) is 90.0 Å². The average Bonchev–Trinajstić information content (AvgIpc) is 3.47. The van der Waals surface area contributed by atoms with Gasteiger partial charge in [0.1, 0.15) is 22.6 Å². The summed E-state index contributed by atoms with van der Waals surface area (Å²) in [6.07, 6.45) is 11.8. The third-order valence-corrected chi connectivity index (χ3v) is 13.7. The Hall–Kier alpha value is -2.88. The van der Waals surface area contributed by atoms with Gasteiger partial charge in [0.25, 0.3) is 5.91 Å². The average molecular weight is 706 g/mol. The number of imidazole rings is 1. The fraction of sp³-hybridized carbons (Fsp3) is 0.590. The number of halogens is 1. The number of anilines is 1. The first-order chi connectivity index (χ1) is 23.8. The molecule has 1 aliphatic carbocycles. The number of carbonyl (C=O) groups is 1. The standard InChI is InChI=1S/C39H52ClN5O3S/c1-4-6-28-19-33(40)11-13-34(28)32-23-45-22-31-9-12-35(31)30(21-43-17-18-44-16-15-41-38(44)24-43)8-5-7-26(2)27(3)49(47)42-39(46)29-10-14-37(48-25-32)36(45)20-29/h10-11,13-16,19-20,26-27,30-32,35H,4-9,12,17-18,21-25H2,1-3H3,(H,42,46). The van der Waals surface area contributed by atoms with Crippen LogP contribution in [0, 0.1) is 23.7 Å². The molecule has 264 valence electrons. The van der Waals surface area contributed by atoms with E-state index in [2.05, 4.69) is 56.3 Å². The first-order valence-corrected chi connectivity index (χ1v) is 20.1. The lowest BCUT2D eigenvalue weighted by molar-refractivity contribution is 0.0612. The van der Waals surface area contributed by atoms with Crippen LogP contribution in [0.2, 0.25) is 5.02 Å². The number of fused-ring (bicyclic) bond motifs is 3. The number of amides is 1. The van der Waals surface area contributed by atoms with Gasteiger partial charge in [0, 0.05) is 61.6 Å². The van der Waals surface area contributed by atoms with E-state index in [-0.39, 0.29) is 23.0 Å². The molecule has 1 saturated carbocycles. The molecule has 8 nitrogen and oxygen atoms in total. The number of hydrogen-bond acceptors (Lipinski definition) is 6. The van der Waals surface area contributed by atoms with Crippen LogP contribution in [0.1, 0.15) is 92.5 Å². The highest BCUT2D eigenvalue weighted by Gasteiger charge is 2.40. The molecule has 0 radical (unpaired) electrons. The van der Waals surface area contributed by atoms with Gasteiger partial charge in [0.15, 0.2) is 0 Å². The molecular weight excluding hydrogens is 654 g/mol. The van der Waals surface area contributed by atoms with Crippen LogP contribution in [-0.2, 0) is 30.5 Å². The minimum absolute atomic E-state index is 0.133. The van der Waals surface area contributed by atoms with E-state index in [4.69, 9.17) is 16.3 Å². The fourth-order valence-corrected chi connectivity index (χ4v) is 9.96. The Bertz CT molecular complexity index is 1660. The highest BCUT2D eigenvalue weighted by atomic mass is 35.5. The van der Waals surface area contributed by atoms with Gasteiger partial charge < -0.3 is 14.2 Å². The highest BCUT2D eigenvalue weighted by Crippen LogP contribution is 2.45. The molecule has 1 aromatic heterocycles. The van der Waals surface area contributed by atoms with Crippen molar-refractivity contribution in [2.24, 2.45) is 23.7 Å². The normalized spacial score (nSPS) is 29.5. The second-order valence-corrected chi connectivity index (χ2v) is 17.0. The number of aromatic nitrogens is 2. The molecule has 7 rings (SSSR count). The van der Waals surface area contributed by atoms with Crippen LogP contribution >= 0.6 is 11.6 Å². The predicted molar refractivity (Wildman–Crippen MR) is 198 cm³/mol. The van der Waals surface area contributed by atoms with Crippen LogP contribution < -0.4 is 14.4 Å². The van der Waals surface area contributed by atoms with Crippen LogP contribution in [0.4, 0.5) is 5.69 Å². The van der Waals surface area contributed by atoms with Crippen molar-refractivity contribution in [3.05, 3.63) is 76.3 Å². The SMILES string of the molecule is CCCc1cc(Cl)ccc1C1COc2ccc3cc2N(C1)CC1CCC1C(CN1CCn2ccnc2C1)CCCC(C)C(C)S(=O)NC3=O. The summed E-state index contributed by atoms with van der Waals surface area (Å²) in [5, 5.41) is 0.638. The van der Waals surface area contributed by atoms with Crippen molar-refractivity contribution in [3.63, 3.8) is 0 Å². The molecule has 1 fully saturated rings. The smallest absolute Gasteiger partial charge is 0.263 e. The van der Waals surface area contributed by atoms with Gasteiger partial charge in [-0.2, -0.15) is 0 Å². The van der Waals surface area contributed by atoms with E-state index in [1.54, 1.807) is 0 Å². The van der Waals surface area contributed by atoms with Crippen LogP contribution in [-0.4, -0.2) is 62.6 Å². The number of benzene rings is 2. The van der Waals surface area contributed by atoms with Crippen molar-refractivity contribution in [1.82, 2.24) is 19.2 Å². The van der Waals surface area contributed by atoms with Crippen LogP contribution in [0.25, 0.3) is 0 Å². The zero-order valence-corrected chi connectivity index (χ0v) is 30.9. The van der Waals surface area contributed by atoms with Gasteiger partial charge in [0.2, 0.25) is 0 Å². The van der Waals surface area contributed by atoms with E-state index in [9.17, 15) is 9.00 Å². The number of ether oxygens (including phenoxy) is 1. The Morgan fingerprint density at radius 3 is 2.76 bits per heavy atom. The lowest BCUT2D eigenvalue weighted by Crippen LogP contribution is -2.46.